The molecule has 1 aliphatic heterocycles. The Balaban J connectivity index is 1.55. The van der Waals surface area contributed by atoms with E-state index in [2.05, 4.69) is 19.2 Å². The van der Waals surface area contributed by atoms with Gasteiger partial charge in [0.15, 0.2) is 0 Å². The Hall–Kier alpha value is -1.06. The maximum absolute atomic E-state index is 12.9. The predicted molar refractivity (Wildman–Crippen MR) is 105 cm³/mol. The summed E-state index contributed by atoms with van der Waals surface area (Å²) in [6.45, 7) is 10.7. The van der Waals surface area contributed by atoms with Gasteiger partial charge < -0.3 is 10.1 Å². The first-order valence-electron chi connectivity index (χ1n) is 11.1. The van der Waals surface area contributed by atoms with Gasteiger partial charge >= 0.3 is 5.97 Å². The largest absolute Gasteiger partial charge is 0.460 e. The van der Waals surface area contributed by atoms with E-state index >= 15 is 0 Å². The van der Waals surface area contributed by atoms with Crippen LogP contribution in [0, 0.1) is 34.5 Å². The average molecular weight is 376 g/mol. The molecule has 27 heavy (non-hydrogen) atoms. The molecule has 4 rings (SSSR count). The van der Waals surface area contributed by atoms with E-state index in [0.717, 1.165) is 32.1 Å². The summed E-state index contributed by atoms with van der Waals surface area (Å²) in [5.74, 6) is 2.33. The van der Waals surface area contributed by atoms with Crippen molar-refractivity contribution in [2.45, 2.75) is 97.6 Å². The molecule has 1 amide bonds. The Morgan fingerprint density at radius 1 is 1.00 bits per heavy atom. The molecular formula is C23H37NO3. The quantitative estimate of drug-likeness (QED) is 0.688. The molecule has 4 fully saturated rings. The zero-order valence-corrected chi connectivity index (χ0v) is 17.8. The smallest absolute Gasteiger partial charge is 0.310 e. The lowest BCUT2D eigenvalue weighted by Crippen LogP contribution is -2.61. The minimum atomic E-state index is -0.408. The Bertz CT molecular complexity index is 638. The van der Waals surface area contributed by atoms with E-state index in [1.165, 1.54) is 12.8 Å². The van der Waals surface area contributed by atoms with Crippen molar-refractivity contribution in [1.29, 1.82) is 0 Å². The average Bonchev–Trinajstić information content (AvgIpc) is 2.91. The van der Waals surface area contributed by atoms with Gasteiger partial charge in [-0.25, -0.2) is 0 Å². The van der Waals surface area contributed by atoms with Crippen LogP contribution in [0.25, 0.3) is 0 Å². The third-order valence-corrected chi connectivity index (χ3v) is 8.79. The fourth-order valence-electron chi connectivity index (χ4n) is 7.46. The molecule has 1 N–H and O–H groups in total. The molecular weight excluding hydrogens is 338 g/mol. The molecule has 4 heteroatoms. The third-order valence-electron chi connectivity index (χ3n) is 8.79. The molecule has 3 aliphatic carbocycles. The number of amides is 1. The lowest BCUT2D eigenvalue weighted by atomic mass is 9.47. The van der Waals surface area contributed by atoms with E-state index in [4.69, 9.17) is 4.74 Å². The molecule has 1 saturated heterocycles. The molecule has 152 valence electrons. The number of piperidine rings is 1. The van der Waals surface area contributed by atoms with E-state index in [0.29, 0.717) is 30.2 Å². The van der Waals surface area contributed by atoms with Gasteiger partial charge in [-0.15, -0.1) is 0 Å². The zero-order chi connectivity index (χ0) is 19.6. The van der Waals surface area contributed by atoms with Crippen LogP contribution in [0.5, 0.6) is 0 Å². The summed E-state index contributed by atoms with van der Waals surface area (Å²) in [4.78, 5) is 24.9. The van der Waals surface area contributed by atoms with Crippen LogP contribution in [0.3, 0.4) is 0 Å². The Morgan fingerprint density at radius 3 is 2.41 bits per heavy atom. The molecule has 0 unspecified atom stereocenters. The second-order valence-corrected chi connectivity index (χ2v) is 11.3. The maximum Gasteiger partial charge on any atom is 0.310 e. The number of ether oxygens (including phenoxy) is 1. The second-order valence-electron chi connectivity index (χ2n) is 11.3. The van der Waals surface area contributed by atoms with Crippen molar-refractivity contribution in [3.05, 3.63) is 0 Å². The van der Waals surface area contributed by atoms with Crippen molar-refractivity contribution >= 4 is 11.9 Å². The summed E-state index contributed by atoms with van der Waals surface area (Å²) in [7, 11) is 0. The fourth-order valence-corrected chi connectivity index (χ4v) is 7.46. The highest BCUT2D eigenvalue weighted by atomic mass is 16.6. The van der Waals surface area contributed by atoms with E-state index < -0.39 is 5.60 Å². The van der Waals surface area contributed by atoms with Crippen LogP contribution in [-0.4, -0.2) is 23.5 Å². The number of hydrogen-bond donors (Lipinski definition) is 1. The molecule has 0 aromatic carbocycles. The van der Waals surface area contributed by atoms with Gasteiger partial charge in [-0.05, 0) is 94.3 Å². The SMILES string of the molecule is CC(C)(C)OC(=O)[C@H]1CC[C@H]2[C@@H]3CC[C@H]4NC(=O)CC[C@]4(C)[C@H]3CC[C@]12C. The van der Waals surface area contributed by atoms with Gasteiger partial charge in [0.1, 0.15) is 5.60 Å². The number of rotatable bonds is 1. The van der Waals surface area contributed by atoms with Crippen molar-refractivity contribution in [3.8, 4) is 0 Å². The summed E-state index contributed by atoms with van der Waals surface area (Å²) in [5, 5.41) is 3.30. The topological polar surface area (TPSA) is 55.4 Å². The van der Waals surface area contributed by atoms with Crippen LogP contribution in [-0.2, 0) is 14.3 Å². The van der Waals surface area contributed by atoms with E-state index in [-0.39, 0.29) is 28.6 Å². The standard InChI is InChI=1S/C23H37NO3/c1-21(2,3)27-20(26)17-8-7-15-14-6-9-18-23(5,13-11-19(25)24-18)16(14)10-12-22(15,17)4/h14-18H,6-13H2,1-5H3,(H,24,25)/t14-,15-,16-,17+,18+,22-,23+/m0/s1. The van der Waals surface area contributed by atoms with Gasteiger partial charge in [-0.2, -0.15) is 0 Å². The maximum atomic E-state index is 12.9. The van der Waals surface area contributed by atoms with Crippen molar-refractivity contribution in [3.63, 3.8) is 0 Å². The monoisotopic (exact) mass is 375 g/mol. The molecule has 0 spiro atoms. The lowest BCUT2D eigenvalue weighted by molar-refractivity contribution is -0.168. The van der Waals surface area contributed by atoms with Crippen LogP contribution in [0.15, 0.2) is 0 Å². The number of hydrogen-bond acceptors (Lipinski definition) is 3. The Labute approximate surface area is 164 Å². The minimum absolute atomic E-state index is 0.0239. The highest BCUT2D eigenvalue weighted by Gasteiger charge is 2.61. The molecule has 1 heterocycles. The number of fused-ring (bicyclic) bond motifs is 5. The number of carbonyl (C=O) groups is 2. The van der Waals surface area contributed by atoms with E-state index in [9.17, 15) is 9.59 Å². The first-order chi connectivity index (χ1) is 12.5. The van der Waals surface area contributed by atoms with Gasteiger partial charge in [0.25, 0.3) is 0 Å². The second kappa shape index (κ2) is 6.22. The van der Waals surface area contributed by atoms with Crippen LogP contribution in [0.1, 0.15) is 86.0 Å². The van der Waals surface area contributed by atoms with Crippen LogP contribution < -0.4 is 5.32 Å². The van der Waals surface area contributed by atoms with Gasteiger partial charge in [0.05, 0.1) is 5.92 Å². The lowest BCUT2D eigenvalue weighted by Gasteiger charge is -2.60. The fraction of sp³-hybridized carbons (Fsp3) is 0.913. The van der Waals surface area contributed by atoms with Crippen molar-refractivity contribution in [1.82, 2.24) is 5.32 Å². The van der Waals surface area contributed by atoms with Crippen LogP contribution in [0.2, 0.25) is 0 Å². The van der Waals surface area contributed by atoms with E-state index in [1.54, 1.807) is 0 Å². The summed E-state index contributed by atoms with van der Waals surface area (Å²) in [5.41, 5.74) is -0.0820. The van der Waals surface area contributed by atoms with Crippen LogP contribution in [0.4, 0.5) is 0 Å². The number of nitrogens with one attached hydrogen (secondary N) is 1. The molecule has 7 atom stereocenters. The van der Waals surface area contributed by atoms with Gasteiger partial charge in [0, 0.05) is 12.5 Å². The predicted octanol–water partition coefficient (Wildman–Crippen LogP) is 4.47. The van der Waals surface area contributed by atoms with Gasteiger partial charge in [-0.1, -0.05) is 13.8 Å². The zero-order valence-electron chi connectivity index (χ0n) is 17.8. The van der Waals surface area contributed by atoms with Gasteiger partial charge in [0.2, 0.25) is 5.91 Å². The molecule has 0 radical (unpaired) electrons. The van der Waals surface area contributed by atoms with Gasteiger partial charge in [-0.3, -0.25) is 9.59 Å². The van der Waals surface area contributed by atoms with Crippen molar-refractivity contribution < 1.29 is 14.3 Å². The summed E-state index contributed by atoms with van der Waals surface area (Å²) in [6.07, 6.45) is 8.48. The normalized spacial score (nSPS) is 46.7. The van der Waals surface area contributed by atoms with Crippen LogP contribution >= 0.6 is 0 Å². The molecule has 0 bridgehead atoms. The first kappa shape index (κ1) is 19.3. The number of carbonyl (C=O) groups excluding carboxylic acids is 2. The first-order valence-corrected chi connectivity index (χ1v) is 11.1. The highest BCUT2D eigenvalue weighted by molar-refractivity contribution is 5.77. The summed E-state index contributed by atoms with van der Waals surface area (Å²) < 4.78 is 5.80. The molecule has 3 saturated carbocycles. The highest BCUT2D eigenvalue weighted by Crippen LogP contribution is 2.65. The van der Waals surface area contributed by atoms with Crippen molar-refractivity contribution in [2.24, 2.45) is 34.5 Å². The Morgan fingerprint density at radius 2 is 1.70 bits per heavy atom. The minimum Gasteiger partial charge on any atom is -0.460 e. The molecule has 0 aromatic heterocycles. The summed E-state index contributed by atoms with van der Waals surface area (Å²) in [6, 6.07) is 0.354. The van der Waals surface area contributed by atoms with E-state index in [1.807, 2.05) is 20.8 Å². The molecule has 4 nitrogen and oxygen atoms in total. The summed E-state index contributed by atoms with van der Waals surface area (Å²) >= 11 is 0. The molecule has 4 aliphatic rings. The third kappa shape index (κ3) is 3.02. The Kier molecular flexibility index (Phi) is 4.44. The molecule has 0 aromatic rings. The number of esters is 1. The van der Waals surface area contributed by atoms with Crippen molar-refractivity contribution in [2.75, 3.05) is 0 Å².